The van der Waals surface area contributed by atoms with Crippen molar-refractivity contribution in [2.45, 2.75) is 59.0 Å². The zero-order valence-electron chi connectivity index (χ0n) is 12.3. The number of hydrogen-bond acceptors (Lipinski definition) is 2. The van der Waals surface area contributed by atoms with Crippen LogP contribution in [-0.2, 0) is 13.0 Å². The van der Waals surface area contributed by atoms with Crippen LogP contribution in [0.25, 0.3) is 0 Å². The van der Waals surface area contributed by atoms with E-state index in [4.69, 9.17) is 0 Å². The average molecular weight is 249 g/mol. The van der Waals surface area contributed by atoms with Gasteiger partial charge in [-0.15, -0.1) is 0 Å². The topological polar surface area (TPSA) is 21.1 Å². The van der Waals surface area contributed by atoms with E-state index in [2.05, 4.69) is 48.3 Å². The molecule has 0 bridgehead atoms. The van der Waals surface area contributed by atoms with E-state index in [-0.39, 0.29) is 0 Å². The Kier molecular flexibility index (Phi) is 4.10. The van der Waals surface area contributed by atoms with Crippen molar-refractivity contribution in [2.24, 2.45) is 5.92 Å². The molecule has 1 aromatic heterocycles. The quantitative estimate of drug-likeness (QED) is 0.821. The van der Waals surface area contributed by atoms with E-state index in [0.717, 1.165) is 18.9 Å². The lowest BCUT2D eigenvalue weighted by atomic mass is 9.93. The average Bonchev–Trinajstić information content (AvgIpc) is 2.76. The molecule has 0 N–H and O–H groups in total. The van der Waals surface area contributed by atoms with E-state index in [1.165, 1.54) is 31.6 Å². The van der Waals surface area contributed by atoms with Crippen molar-refractivity contribution in [3.63, 3.8) is 0 Å². The molecule has 0 aromatic carbocycles. The number of likely N-dealkylation sites (tertiary alicyclic amines) is 1. The van der Waals surface area contributed by atoms with Crippen LogP contribution in [0.15, 0.2) is 12.5 Å². The van der Waals surface area contributed by atoms with Gasteiger partial charge in [-0.25, -0.2) is 4.98 Å². The van der Waals surface area contributed by atoms with Gasteiger partial charge in [-0.3, -0.25) is 4.90 Å². The van der Waals surface area contributed by atoms with Gasteiger partial charge in [0.05, 0.1) is 12.0 Å². The Balaban J connectivity index is 1.93. The molecule has 1 aliphatic rings. The van der Waals surface area contributed by atoms with Crippen LogP contribution in [0, 0.1) is 5.92 Å². The number of nitrogens with zero attached hydrogens (tertiary/aromatic N) is 3. The molecule has 0 saturated carbocycles. The van der Waals surface area contributed by atoms with Crippen molar-refractivity contribution in [3.05, 3.63) is 18.2 Å². The third-order valence-electron chi connectivity index (χ3n) is 3.99. The van der Waals surface area contributed by atoms with Crippen LogP contribution in [0.5, 0.6) is 0 Å². The first-order valence-electron chi connectivity index (χ1n) is 7.24. The zero-order valence-corrected chi connectivity index (χ0v) is 12.3. The second-order valence-corrected chi connectivity index (χ2v) is 6.54. The summed E-state index contributed by atoms with van der Waals surface area (Å²) in [6, 6.07) is 0. The molecule has 1 unspecified atom stereocenters. The molecule has 3 nitrogen and oxygen atoms in total. The monoisotopic (exact) mass is 249 g/mol. The second kappa shape index (κ2) is 5.43. The summed E-state index contributed by atoms with van der Waals surface area (Å²) in [6.07, 6.45) is 7.92. The Hall–Kier alpha value is -0.830. The maximum atomic E-state index is 4.42. The Morgan fingerprint density at radius 3 is 2.78 bits per heavy atom. The Morgan fingerprint density at radius 1 is 1.39 bits per heavy atom. The van der Waals surface area contributed by atoms with Gasteiger partial charge >= 0.3 is 0 Å². The number of rotatable bonds is 3. The summed E-state index contributed by atoms with van der Waals surface area (Å²) in [4.78, 5) is 7.04. The van der Waals surface area contributed by atoms with Crippen LogP contribution < -0.4 is 0 Å². The maximum absolute atomic E-state index is 4.42. The standard InChI is InChI=1S/C15H27N3/c1-5-14-11-17(12-16-14)9-13-7-6-8-18(10-13)15(2,3)4/h11-13H,5-10H2,1-4H3. The fourth-order valence-electron chi connectivity index (χ4n) is 2.81. The van der Waals surface area contributed by atoms with E-state index < -0.39 is 0 Å². The molecule has 18 heavy (non-hydrogen) atoms. The van der Waals surface area contributed by atoms with Crippen molar-refractivity contribution in [1.29, 1.82) is 0 Å². The van der Waals surface area contributed by atoms with E-state index in [1.54, 1.807) is 0 Å². The minimum absolute atomic E-state index is 0.308. The zero-order chi connectivity index (χ0) is 13.2. The van der Waals surface area contributed by atoms with Crippen LogP contribution in [0.2, 0.25) is 0 Å². The van der Waals surface area contributed by atoms with Crippen molar-refractivity contribution in [1.82, 2.24) is 14.5 Å². The molecule has 0 spiro atoms. The predicted octanol–water partition coefficient (Wildman–Crippen LogP) is 2.96. The van der Waals surface area contributed by atoms with Crippen LogP contribution in [-0.4, -0.2) is 33.1 Å². The van der Waals surface area contributed by atoms with Crippen molar-refractivity contribution in [2.75, 3.05) is 13.1 Å². The molecule has 2 rings (SSSR count). The first-order valence-corrected chi connectivity index (χ1v) is 7.24. The summed E-state index contributed by atoms with van der Waals surface area (Å²) in [5.74, 6) is 0.775. The van der Waals surface area contributed by atoms with Gasteiger partial charge in [0.2, 0.25) is 0 Å². The summed E-state index contributed by atoms with van der Waals surface area (Å²) in [7, 11) is 0. The molecular weight excluding hydrogens is 222 g/mol. The second-order valence-electron chi connectivity index (χ2n) is 6.54. The van der Waals surface area contributed by atoms with E-state index in [1.807, 2.05) is 6.33 Å². The van der Waals surface area contributed by atoms with Crippen molar-refractivity contribution < 1.29 is 0 Å². The number of imidazole rings is 1. The smallest absolute Gasteiger partial charge is 0.0949 e. The Labute approximate surface area is 111 Å². The van der Waals surface area contributed by atoms with Crippen LogP contribution in [0.4, 0.5) is 0 Å². The van der Waals surface area contributed by atoms with Gasteiger partial charge < -0.3 is 4.57 Å². The van der Waals surface area contributed by atoms with Gasteiger partial charge in [0, 0.05) is 24.8 Å². The molecular formula is C15H27N3. The van der Waals surface area contributed by atoms with E-state index in [0.29, 0.717) is 5.54 Å². The predicted molar refractivity (Wildman–Crippen MR) is 75.7 cm³/mol. The third-order valence-corrected chi connectivity index (χ3v) is 3.99. The lowest BCUT2D eigenvalue weighted by Crippen LogP contribution is -2.47. The SMILES string of the molecule is CCc1cn(CC2CCCN(C(C)(C)C)C2)cn1. The van der Waals surface area contributed by atoms with Gasteiger partial charge in [0.1, 0.15) is 0 Å². The van der Waals surface area contributed by atoms with Crippen molar-refractivity contribution >= 4 is 0 Å². The normalized spacial score (nSPS) is 22.3. The lowest BCUT2D eigenvalue weighted by molar-refractivity contribution is 0.0734. The van der Waals surface area contributed by atoms with Gasteiger partial charge in [0.25, 0.3) is 0 Å². The molecule has 3 heteroatoms. The van der Waals surface area contributed by atoms with Crippen LogP contribution in [0.3, 0.4) is 0 Å². The van der Waals surface area contributed by atoms with Crippen molar-refractivity contribution in [3.8, 4) is 0 Å². The minimum Gasteiger partial charge on any atom is -0.337 e. The molecule has 1 aromatic rings. The Bertz CT molecular complexity index is 375. The maximum Gasteiger partial charge on any atom is 0.0949 e. The highest BCUT2D eigenvalue weighted by Crippen LogP contribution is 2.24. The van der Waals surface area contributed by atoms with Gasteiger partial charge in [-0.1, -0.05) is 6.92 Å². The first-order chi connectivity index (χ1) is 8.49. The number of piperidine rings is 1. The lowest BCUT2D eigenvalue weighted by Gasteiger charge is -2.41. The molecule has 1 atom stereocenters. The fourth-order valence-corrected chi connectivity index (χ4v) is 2.81. The molecule has 0 amide bonds. The summed E-state index contributed by atoms with van der Waals surface area (Å²) in [6.45, 7) is 12.7. The molecule has 102 valence electrons. The molecule has 1 fully saturated rings. The summed E-state index contributed by atoms with van der Waals surface area (Å²) >= 11 is 0. The third kappa shape index (κ3) is 3.35. The molecule has 0 aliphatic carbocycles. The molecule has 1 aliphatic heterocycles. The highest BCUT2D eigenvalue weighted by Gasteiger charge is 2.27. The van der Waals surface area contributed by atoms with Gasteiger partial charge in [0.15, 0.2) is 0 Å². The van der Waals surface area contributed by atoms with Crippen LogP contribution >= 0.6 is 0 Å². The van der Waals surface area contributed by atoms with E-state index in [9.17, 15) is 0 Å². The highest BCUT2D eigenvalue weighted by atomic mass is 15.2. The summed E-state index contributed by atoms with van der Waals surface area (Å²) in [5, 5.41) is 0. The van der Waals surface area contributed by atoms with Gasteiger partial charge in [-0.2, -0.15) is 0 Å². The highest BCUT2D eigenvalue weighted by molar-refractivity contribution is 4.96. The number of hydrogen-bond donors (Lipinski definition) is 0. The summed E-state index contributed by atoms with van der Waals surface area (Å²) < 4.78 is 2.27. The molecule has 1 saturated heterocycles. The molecule has 2 heterocycles. The largest absolute Gasteiger partial charge is 0.337 e. The molecule has 0 radical (unpaired) electrons. The summed E-state index contributed by atoms with van der Waals surface area (Å²) in [5.41, 5.74) is 1.51. The van der Waals surface area contributed by atoms with Crippen LogP contribution in [0.1, 0.15) is 46.2 Å². The Morgan fingerprint density at radius 2 is 2.17 bits per heavy atom. The first kappa shape index (κ1) is 13.6. The van der Waals surface area contributed by atoms with Gasteiger partial charge in [-0.05, 0) is 52.5 Å². The van der Waals surface area contributed by atoms with E-state index >= 15 is 0 Å². The number of aromatic nitrogens is 2. The minimum atomic E-state index is 0.308. The number of aryl methyl sites for hydroxylation is 1. The fraction of sp³-hybridized carbons (Fsp3) is 0.800.